The van der Waals surface area contributed by atoms with Crippen molar-refractivity contribution in [2.24, 2.45) is 0 Å². The second kappa shape index (κ2) is 5.53. The van der Waals surface area contributed by atoms with E-state index in [1.54, 1.807) is 6.07 Å². The highest BCUT2D eigenvalue weighted by Gasteiger charge is 2.16. The molecule has 0 heterocycles. The topological polar surface area (TPSA) is 20.2 Å². The second-order valence-electron chi connectivity index (χ2n) is 3.59. The maximum Gasteiger partial charge on any atom is 0.107 e. The van der Waals surface area contributed by atoms with E-state index in [0.717, 1.165) is 14.5 Å². The highest BCUT2D eigenvalue weighted by molar-refractivity contribution is 9.11. The largest absolute Gasteiger partial charge is 0.384 e. The van der Waals surface area contributed by atoms with Crippen molar-refractivity contribution in [3.05, 3.63) is 67.6 Å². The molecule has 1 N–H and O–H groups in total. The van der Waals surface area contributed by atoms with Gasteiger partial charge in [-0.25, -0.2) is 0 Å². The number of benzene rings is 2. The fourth-order valence-electron chi connectivity index (χ4n) is 1.59. The van der Waals surface area contributed by atoms with Gasteiger partial charge in [0.05, 0.1) is 0 Å². The monoisotopic (exact) mass is 374 g/mol. The highest BCUT2D eigenvalue weighted by atomic mass is 79.9. The van der Waals surface area contributed by atoms with E-state index in [2.05, 4.69) is 31.9 Å². The van der Waals surface area contributed by atoms with E-state index < -0.39 is 6.10 Å². The van der Waals surface area contributed by atoms with Crippen LogP contribution in [-0.4, -0.2) is 5.11 Å². The first-order valence-electron chi connectivity index (χ1n) is 4.97. The molecule has 0 fully saturated rings. The lowest BCUT2D eigenvalue weighted by Gasteiger charge is -2.15. The van der Waals surface area contributed by atoms with E-state index in [0.29, 0.717) is 10.6 Å². The predicted molar refractivity (Wildman–Crippen MR) is 77.4 cm³/mol. The average molecular weight is 376 g/mol. The molecule has 0 aliphatic carbocycles. The number of hydrogen-bond donors (Lipinski definition) is 1. The van der Waals surface area contributed by atoms with Gasteiger partial charge in [0.25, 0.3) is 0 Å². The van der Waals surface area contributed by atoms with Crippen LogP contribution in [0, 0.1) is 0 Å². The summed E-state index contributed by atoms with van der Waals surface area (Å²) in [6.07, 6.45) is -0.740. The number of aliphatic hydroxyl groups excluding tert-OH is 1. The third-order valence-electron chi connectivity index (χ3n) is 2.45. The van der Waals surface area contributed by atoms with Gasteiger partial charge in [-0.15, -0.1) is 0 Å². The van der Waals surface area contributed by atoms with Crippen LogP contribution in [0.5, 0.6) is 0 Å². The molecule has 0 radical (unpaired) electrons. The molecule has 1 unspecified atom stereocenters. The van der Waals surface area contributed by atoms with Crippen molar-refractivity contribution in [1.82, 2.24) is 0 Å². The van der Waals surface area contributed by atoms with Crippen molar-refractivity contribution in [3.63, 3.8) is 0 Å². The Balaban J connectivity index is 2.47. The van der Waals surface area contributed by atoms with Crippen molar-refractivity contribution < 1.29 is 5.11 Å². The molecule has 0 aromatic heterocycles. The molecule has 0 bridgehead atoms. The predicted octanol–water partition coefficient (Wildman–Crippen LogP) is 4.95. The number of halogens is 3. The minimum atomic E-state index is -0.740. The smallest absolute Gasteiger partial charge is 0.107 e. The lowest BCUT2D eigenvalue weighted by atomic mass is 10.0. The first kappa shape index (κ1) is 13.1. The number of hydrogen-bond acceptors (Lipinski definition) is 1. The molecule has 0 amide bonds. The molecule has 0 aliphatic heterocycles. The molecule has 0 aliphatic rings. The fraction of sp³-hybridized carbons (Fsp3) is 0.0769. The molecule has 17 heavy (non-hydrogen) atoms. The summed E-state index contributed by atoms with van der Waals surface area (Å²) >= 11 is 12.9. The summed E-state index contributed by atoms with van der Waals surface area (Å²) in [5.74, 6) is 0. The van der Waals surface area contributed by atoms with Crippen LogP contribution in [0.2, 0.25) is 5.02 Å². The van der Waals surface area contributed by atoms with E-state index in [4.69, 9.17) is 11.6 Å². The summed E-state index contributed by atoms with van der Waals surface area (Å²) < 4.78 is 1.77. The van der Waals surface area contributed by atoms with Crippen LogP contribution in [0.3, 0.4) is 0 Å². The quantitative estimate of drug-likeness (QED) is 0.787. The van der Waals surface area contributed by atoms with Gasteiger partial charge in [-0.3, -0.25) is 0 Å². The Morgan fingerprint density at radius 1 is 1.00 bits per heavy atom. The SMILES string of the molecule is OC(c1ccccc1Cl)c1cc(Br)ccc1Br. The van der Waals surface area contributed by atoms with Crippen molar-refractivity contribution in [1.29, 1.82) is 0 Å². The lowest BCUT2D eigenvalue weighted by molar-refractivity contribution is 0.219. The van der Waals surface area contributed by atoms with Gasteiger partial charge in [-0.1, -0.05) is 61.7 Å². The van der Waals surface area contributed by atoms with E-state index in [9.17, 15) is 5.11 Å². The van der Waals surface area contributed by atoms with E-state index in [1.807, 2.05) is 36.4 Å². The van der Waals surface area contributed by atoms with Gasteiger partial charge in [0.15, 0.2) is 0 Å². The van der Waals surface area contributed by atoms with E-state index >= 15 is 0 Å². The average Bonchev–Trinajstić information content (AvgIpc) is 2.32. The molecule has 1 nitrogen and oxygen atoms in total. The first-order chi connectivity index (χ1) is 8.09. The van der Waals surface area contributed by atoms with Crippen molar-refractivity contribution in [2.45, 2.75) is 6.10 Å². The third-order valence-corrected chi connectivity index (χ3v) is 4.01. The van der Waals surface area contributed by atoms with E-state index in [-0.39, 0.29) is 0 Å². The van der Waals surface area contributed by atoms with Gasteiger partial charge in [0.2, 0.25) is 0 Å². The molecule has 0 saturated heterocycles. The Hall–Kier alpha value is -0.350. The molecule has 2 aromatic rings. The summed E-state index contributed by atoms with van der Waals surface area (Å²) in [6, 6.07) is 13.0. The number of aliphatic hydroxyl groups is 1. The normalized spacial score (nSPS) is 12.5. The standard InChI is InChI=1S/C13H9Br2ClO/c14-8-5-6-11(15)10(7-8)13(17)9-3-1-2-4-12(9)16/h1-7,13,17H. The zero-order valence-electron chi connectivity index (χ0n) is 8.70. The summed E-state index contributed by atoms with van der Waals surface area (Å²) in [5, 5.41) is 10.9. The molecule has 0 saturated carbocycles. The first-order valence-corrected chi connectivity index (χ1v) is 6.93. The van der Waals surface area contributed by atoms with E-state index in [1.165, 1.54) is 0 Å². The Morgan fingerprint density at radius 2 is 1.71 bits per heavy atom. The van der Waals surface area contributed by atoms with Crippen LogP contribution in [0.1, 0.15) is 17.2 Å². The summed E-state index contributed by atoms with van der Waals surface area (Å²) in [6.45, 7) is 0. The zero-order valence-corrected chi connectivity index (χ0v) is 12.6. The van der Waals surface area contributed by atoms with Gasteiger partial charge in [-0.05, 0) is 24.3 Å². The van der Waals surface area contributed by atoms with Gasteiger partial charge in [0.1, 0.15) is 6.10 Å². The van der Waals surface area contributed by atoms with Crippen LogP contribution in [0.15, 0.2) is 51.4 Å². The Bertz CT molecular complexity index is 543. The Labute approximate surface area is 122 Å². The third kappa shape index (κ3) is 2.91. The van der Waals surface area contributed by atoms with Crippen LogP contribution < -0.4 is 0 Å². The molecule has 88 valence electrons. The molecular weight excluding hydrogens is 367 g/mol. The van der Waals surface area contributed by atoms with Crippen molar-refractivity contribution in [3.8, 4) is 0 Å². The summed E-state index contributed by atoms with van der Waals surface area (Å²) in [7, 11) is 0. The van der Waals surface area contributed by atoms with Gasteiger partial charge in [-0.2, -0.15) is 0 Å². The minimum absolute atomic E-state index is 0.562. The fourth-order valence-corrected chi connectivity index (χ4v) is 2.67. The molecular formula is C13H9Br2ClO. The molecule has 2 aromatic carbocycles. The van der Waals surface area contributed by atoms with Gasteiger partial charge in [0, 0.05) is 25.1 Å². The maximum atomic E-state index is 10.3. The van der Waals surface area contributed by atoms with Gasteiger partial charge < -0.3 is 5.11 Å². The summed E-state index contributed by atoms with van der Waals surface area (Å²) in [4.78, 5) is 0. The highest BCUT2D eigenvalue weighted by Crippen LogP contribution is 2.33. The van der Waals surface area contributed by atoms with Crippen molar-refractivity contribution >= 4 is 43.5 Å². The van der Waals surface area contributed by atoms with Crippen LogP contribution >= 0.6 is 43.5 Å². The molecule has 4 heteroatoms. The zero-order chi connectivity index (χ0) is 12.4. The van der Waals surface area contributed by atoms with Crippen LogP contribution in [-0.2, 0) is 0 Å². The van der Waals surface area contributed by atoms with Crippen molar-refractivity contribution in [2.75, 3.05) is 0 Å². The minimum Gasteiger partial charge on any atom is -0.384 e. The molecule has 0 spiro atoms. The second-order valence-corrected chi connectivity index (χ2v) is 5.77. The maximum absolute atomic E-state index is 10.3. The van der Waals surface area contributed by atoms with Gasteiger partial charge >= 0.3 is 0 Å². The summed E-state index contributed by atoms with van der Waals surface area (Å²) in [5.41, 5.74) is 1.49. The molecule has 2 rings (SSSR count). The molecule has 1 atom stereocenters. The van der Waals surface area contributed by atoms with Crippen LogP contribution in [0.4, 0.5) is 0 Å². The Kier molecular flexibility index (Phi) is 4.26. The number of rotatable bonds is 2. The Morgan fingerprint density at radius 3 is 2.41 bits per heavy atom. The lowest BCUT2D eigenvalue weighted by Crippen LogP contribution is -2.01. The van der Waals surface area contributed by atoms with Crippen LogP contribution in [0.25, 0.3) is 0 Å².